The number of nitrogens with two attached hydrogens (primary N) is 1. The Hall–Kier alpha value is -0.170. The standard InChI is InChI=1S/C9H20N2O3S/c1-8(7-10)15(12,13)11-5-3-9(14-2)4-6-11/h8-9H,3-7,10H2,1-2H3. The number of methoxy groups -OCH3 is 1. The lowest BCUT2D eigenvalue weighted by atomic mass is 10.1. The van der Waals surface area contributed by atoms with Gasteiger partial charge in [-0.05, 0) is 19.8 Å². The molecule has 15 heavy (non-hydrogen) atoms. The number of hydrogen-bond donors (Lipinski definition) is 1. The molecule has 1 aliphatic heterocycles. The summed E-state index contributed by atoms with van der Waals surface area (Å²) in [6.45, 7) is 2.92. The van der Waals surface area contributed by atoms with Gasteiger partial charge in [-0.1, -0.05) is 0 Å². The number of hydrogen-bond acceptors (Lipinski definition) is 4. The Labute approximate surface area is 91.6 Å². The number of rotatable bonds is 4. The van der Waals surface area contributed by atoms with Crippen LogP contribution in [0.5, 0.6) is 0 Å². The molecule has 0 aromatic rings. The van der Waals surface area contributed by atoms with E-state index in [1.165, 1.54) is 4.31 Å². The molecule has 1 rings (SSSR count). The summed E-state index contributed by atoms with van der Waals surface area (Å²) >= 11 is 0. The monoisotopic (exact) mass is 236 g/mol. The first-order valence-electron chi connectivity index (χ1n) is 5.24. The molecule has 1 fully saturated rings. The third kappa shape index (κ3) is 2.90. The average molecular weight is 236 g/mol. The summed E-state index contributed by atoms with van der Waals surface area (Å²) in [4.78, 5) is 0. The molecule has 0 bridgehead atoms. The Morgan fingerprint density at radius 2 is 2.00 bits per heavy atom. The summed E-state index contributed by atoms with van der Waals surface area (Å²) in [6, 6.07) is 0. The predicted molar refractivity (Wildman–Crippen MR) is 59.0 cm³/mol. The van der Waals surface area contributed by atoms with Gasteiger partial charge in [0.05, 0.1) is 11.4 Å². The van der Waals surface area contributed by atoms with Crippen LogP contribution in [0.3, 0.4) is 0 Å². The Bertz CT molecular complexity index is 284. The van der Waals surface area contributed by atoms with Gasteiger partial charge in [-0.3, -0.25) is 0 Å². The largest absolute Gasteiger partial charge is 0.381 e. The van der Waals surface area contributed by atoms with Crippen molar-refractivity contribution in [1.29, 1.82) is 0 Å². The molecule has 0 aromatic heterocycles. The first-order valence-corrected chi connectivity index (χ1v) is 6.74. The van der Waals surface area contributed by atoms with Crippen molar-refractivity contribution in [2.75, 3.05) is 26.7 Å². The second kappa shape index (κ2) is 5.25. The fourth-order valence-electron chi connectivity index (χ4n) is 1.70. The quantitative estimate of drug-likeness (QED) is 0.732. The van der Waals surface area contributed by atoms with Crippen molar-refractivity contribution in [2.45, 2.75) is 31.1 Å². The first kappa shape index (κ1) is 12.9. The molecular formula is C9H20N2O3S. The van der Waals surface area contributed by atoms with Crippen molar-refractivity contribution >= 4 is 10.0 Å². The highest BCUT2D eigenvalue weighted by atomic mass is 32.2. The van der Waals surface area contributed by atoms with Crippen LogP contribution in [0.1, 0.15) is 19.8 Å². The molecule has 5 nitrogen and oxygen atoms in total. The second-order valence-corrected chi connectivity index (χ2v) is 6.28. The minimum atomic E-state index is -3.19. The lowest BCUT2D eigenvalue weighted by molar-refractivity contribution is 0.0603. The number of nitrogens with zero attached hydrogens (tertiary/aromatic N) is 1. The van der Waals surface area contributed by atoms with E-state index < -0.39 is 15.3 Å². The van der Waals surface area contributed by atoms with Gasteiger partial charge in [0, 0.05) is 26.7 Å². The van der Waals surface area contributed by atoms with E-state index in [0.717, 1.165) is 12.8 Å². The maximum atomic E-state index is 11.9. The van der Waals surface area contributed by atoms with Crippen molar-refractivity contribution in [1.82, 2.24) is 4.31 Å². The lowest BCUT2D eigenvalue weighted by Crippen LogP contribution is -2.45. The molecule has 1 saturated heterocycles. The Morgan fingerprint density at radius 3 is 2.40 bits per heavy atom. The first-order chi connectivity index (χ1) is 7.02. The van der Waals surface area contributed by atoms with Crippen LogP contribution in [0.2, 0.25) is 0 Å². The molecule has 2 N–H and O–H groups in total. The molecule has 0 spiro atoms. The van der Waals surface area contributed by atoms with E-state index in [2.05, 4.69) is 0 Å². The number of ether oxygens (including phenoxy) is 1. The molecular weight excluding hydrogens is 216 g/mol. The average Bonchev–Trinajstić information content (AvgIpc) is 2.28. The zero-order valence-corrected chi connectivity index (χ0v) is 10.2. The molecule has 1 heterocycles. The van der Waals surface area contributed by atoms with E-state index in [1.54, 1.807) is 14.0 Å². The number of sulfonamides is 1. The third-order valence-electron chi connectivity index (χ3n) is 2.93. The van der Waals surface area contributed by atoms with Crippen LogP contribution < -0.4 is 5.73 Å². The summed E-state index contributed by atoms with van der Waals surface area (Å²) in [5, 5.41) is -0.489. The van der Waals surface area contributed by atoms with Gasteiger partial charge in [0.1, 0.15) is 0 Å². The summed E-state index contributed by atoms with van der Waals surface area (Å²) in [7, 11) is -1.53. The van der Waals surface area contributed by atoms with Crippen LogP contribution in [0.4, 0.5) is 0 Å². The topological polar surface area (TPSA) is 72.6 Å². The highest BCUT2D eigenvalue weighted by molar-refractivity contribution is 7.89. The molecule has 90 valence electrons. The van der Waals surface area contributed by atoms with Crippen molar-refractivity contribution < 1.29 is 13.2 Å². The van der Waals surface area contributed by atoms with E-state index in [-0.39, 0.29) is 12.6 Å². The molecule has 0 radical (unpaired) electrons. The fourth-order valence-corrected chi connectivity index (χ4v) is 3.17. The van der Waals surface area contributed by atoms with Gasteiger partial charge in [0.15, 0.2) is 0 Å². The van der Waals surface area contributed by atoms with Gasteiger partial charge in [0.25, 0.3) is 0 Å². The molecule has 0 aliphatic carbocycles. The summed E-state index contributed by atoms with van der Waals surface area (Å²) in [6.07, 6.45) is 1.74. The molecule has 1 aliphatic rings. The third-order valence-corrected chi connectivity index (χ3v) is 5.23. The van der Waals surface area contributed by atoms with Gasteiger partial charge in [-0.15, -0.1) is 0 Å². The molecule has 1 atom stereocenters. The zero-order valence-electron chi connectivity index (χ0n) is 9.35. The van der Waals surface area contributed by atoms with Crippen molar-refractivity contribution in [3.05, 3.63) is 0 Å². The number of piperidine rings is 1. The van der Waals surface area contributed by atoms with Gasteiger partial charge in [0.2, 0.25) is 10.0 Å². The minimum Gasteiger partial charge on any atom is -0.381 e. The summed E-state index contributed by atoms with van der Waals surface area (Å²) in [5.41, 5.74) is 5.39. The van der Waals surface area contributed by atoms with E-state index in [4.69, 9.17) is 10.5 Å². The van der Waals surface area contributed by atoms with E-state index in [1.807, 2.05) is 0 Å². The van der Waals surface area contributed by atoms with Gasteiger partial charge < -0.3 is 10.5 Å². The van der Waals surface area contributed by atoms with Crippen LogP contribution in [-0.4, -0.2) is 50.8 Å². The highest BCUT2D eigenvalue weighted by Gasteiger charge is 2.31. The van der Waals surface area contributed by atoms with E-state index in [9.17, 15) is 8.42 Å². The van der Waals surface area contributed by atoms with Gasteiger partial charge in [-0.25, -0.2) is 12.7 Å². The maximum Gasteiger partial charge on any atom is 0.217 e. The summed E-state index contributed by atoms with van der Waals surface area (Å²) < 4.78 is 30.6. The Kier molecular flexibility index (Phi) is 4.51. The van der Waals surface area contributed by atoms with Crippen LogP contribution in [0, 0.1) is 0 Å². The van der Waals surface area contributed by atoms with Crippen molar-refractivity contribution in [3.63, 3.8) is 0 Å². The molecule has 6 heteroatoms. The molecule has 0 saturated carbocycles. The second-order valence-electron chi connectivity index (χ2n) is 3.93. The highest BCUT2D eigenvalue weighted by Crippen LogP contribution is 2.18. The molecule has 0 aromatic carbocycles. The predicted octanol–water partition coefficient (Wildman–Crippen LogP) is -0.226. The smallest absolute Gasteiger partial charge is 0.217 e. The molecule has 0 amide bonds. The minimum absolute atomic E-state index is 0.173. The van der Waals surface area contributed by atoms with Crippen LogP contribution in [-0.2, 0) is 14.8 Å². The van der Waals surface area contributed by atoms with Crippen molar-refractivity contribution in [2.24, 2.45) is 5.73 Å². The van der Waals surface area contributed by atoms with Crippen LogP contribution in [0.25, 0.3) is 0 Å². The normalized spacial score (nSPS) is 22.9. The van der Waals surface area contributed by atoms with Gasteiger partial charge >= 0.3 is 0 Å². The van der Waals surface area contributed by atoms with E-state index in [0.29, 0.717) is 13.1 Å². The molecule has 1 unspecified atom stereocenters. The van der Waals surface area contributed by atoms with E-state index >= 15 is 0 Å². The zero-order chi connectivity index (χ0) is 11.5. The van der Waals surface area contributed by atoms with Crippen LogP contribution >= 0.6 is 0 Å². The lowest BCUT2D eigenvalue weighted by Gasteiger charge is -2.32. The Morgan fingerprint density at radius 1 is 1.47 bits per heavy atom. The summed E-state index contributed by atoms with van der Waals surface area (Å²) in [5.74, 6) is 0. The van der Waals surface area contributed by atoms with Gasteiger partial charge in [-0.2, -0.15) is 0 Å². The fraction of sp³-hybridized carbons (Fsp3) is 1.00. The SMILES string of the molecule is COC1CCN(S(=O)(=O)C(C)CN)CC1. The van der Waals surface area contributed by atoms with Crippen molar-refractivity contribution in [3.8, 4) is 0 Å². The van der Waals surface area contributed by atoms with Crippen LogP contribution in [0.15, 0.2) is 0 Å². The Balaban J connectivity index is 2.60. The maximum absolute atomic E-state index is 11.9.